The Morgan fingerprint density at radius 3 is 1.44 bits per heavy atom. The summed E-state index contributed by atoms with van der Waals surface area (Å²) < 4.78 is 47.3. The first kappa shape index (κ1) is 44.8. The first-order valence-electron chi connectivity index (χ1n) is 16.7. The van der Waals surface area contributed by atoms with Crippen LogP contribution in [0.5, 0.6) is 0 Å². The normalized spacial score (nSPS) is 53.4. The van der Waals surface area contributed by atoms with Crippen LogP contribution in [0.25, 0.3) is 0 Å². The van der Waals surface area contributed by atoms with Crippen molar-refractivity contribution >= 4 is 0 Å². The van der Waals surface area contributed by atoms with Gasteiger partial charge in [0.2, 0.25) is 0 Å². The van der Waals surface area contributed by atoms with E-state index >= 15 is 0 Å². The quantitative estimate of drug-likeness (QED) is 0.0638. The summed E-state index contributed by atoms with van der Waals surface area (Å²) in [6.45, 7) is -2.63. The number of hydrogen-bond acceptors (Lipinski definition) is 25. The summed E-state index contributed by atoms with van der Waals surface area (Å²) in [6, 6.07) is 0. The Balaban J connectivity index is 1.16. The van der Waals surface area contributed by atoms with E-state index in [9.17, 15) is 81.7 Å². The first-order chi connectivity index (χ1) is 25.5. The SMILES string of the molecule is OC[C@H]1O[C@H](O[I-][C@H]2O[C@H](OC[C@H]3O[C@H](OC[C@H]4O[C@H](O[C@@H]5CO[C@H](O)[C@H](O)[C@H]5O)[C@H](O)[C@@H](O)[C@@H]4O)[C@H](O)[C@@H](O)[C@@H]3O)[C@H](O)[C@@H](O)[C@@H]2O)[C@H](O)[C@@H](O)[C@@H]1O. The third-order valence-corrected chi connectivity index (χ3v) is 11.9. The van der Waals surface area contributed by atoms with Gasteiger partial charge in [-0.3, -0.25) is 0 Å². The van der Waals surface area contributed by atoms with Crippen LogP contribution in [-0.4, -0.2) is 254 Å². The molecule has 0 saturated carbocycles. The zero-order chi connectivity index (χ0) is 39.8. The van der Waals surface area contributed by atoms with Crippen molar-refractivity contribution in [2.24, 2.45) is 0 Å². The summed E-state index contributed by atoms with van der Waals surface area (Å²) in [4.78, 5) is 0. The molecule has 0 radical (unpaired) electrons. The van der Waals surface area contributed by atoms with Gasteiger partial charge in [-0.15, -0.1) is 0 Å². The van der Waals surface area contributed by atoms with Gasteiger partial charge in [0, 0.05) is 0 Å². The first-order valence-corrected chi connectivity index (χ1v) is 18.8. The monoisotopic (exact) mass is 911 g/mol. The number of rotatable bonds is 12. The second-order valence-electron chi connectivity index (χ2n) is 13.3. The average molecular weight is 912 g/mol. The van der Waals surface area contributed by atoms with Crippen LogP contribution in [0.3, 0.4) is 0 Å². The van der Waals surface area contributed by atoms with E-state index in [2.05, 4.69) is 0 Å². The van der Waals surface area contributed by atoms with Gasteiger partial charge in [-0.1, -0.05) is 0 Å². The van der Waals surface area contributed by atoms with Crippen molar-refractivity contribution in [1.29, 1.82) is 0 Å². The van der Waals surface area contributed by atoms with Crippen molar-refractivity contribution in [2.75, 3.05) is 26.4 Å². The number of ether oxygens (including phenoxy) is 8. The molecule has 5 fully saturated rings. The molecule has 25 nitrogen and oxygen atoms in total. The molecule has 5 rings (SSSR count). The topological polar surface area (TPSA) is 407 Å². The molecule has 5 heterocycles. The van der Waals surface area contributed by atoms with Gasteiger partial charge in [-0.05, 0) is 0 Å². The van der Waals surface area contributed by atoms with Gasteiger partial charge in [0.1, 0.15) is 30.5 Å². The van der Waals surface area contributed by atoms with Crippen LogP contribution >= 0.6 is 0 Å². The van der Waals surface area contributed by atoms with Crippen molar-refractivity contribution in [3.05, 3.63) is 0 Å². The summed E-state index contributed by atoms with van der Waals surface area (Å²) in [7, 11) is 0. The minimum atomic E-state index is -1.94. The second-order valence-corrected chi connectivity index (χ2v) is 15.5. The van der Waals surface area contributed by atoms with Crippen molar-refractivity contribution in [1.82, 2.24) is 0 Å². The molecule has 0 aromatic rings. The molecule has 0 bridgehead atoms. The Hall–Kier alpha value is -0.270. The van der Waals surface area contributed by atoms with E-state index < -0.39 is 193 Å². The van der Waals surface area contributed by atoms with Crippen molar-refractivity contribution in [2.45, 2.75) is 145 Å². The molecule has 0 aromatic carbocycles. The molecule has 0 aromatic heterocycles. The number of aliphatic hydroxyl groups is 16. The third-order valence-electron chi connectivity index (χ3n) is 9.54. The van der Waals surface area contributed by atoms with Crippen LogP contribution in [-0.2, 0) is 41.0 Å². The average Bonchev–Trinajstić information content (AvgIpc) is 3.16. The van der Waals surface area contributed by atoms with Gasteiger partial charge in [-0.2, -0.15) is 0 Å². The predicted molar refractivity (Wildman–Crippen MR) is 156 cm³/mol. The molecular weight excluding hydrogens is 863 g/mol. The molecule has 318 valence electrons. The second kappa shape index (κ2) is 19.2. The Labute approximate surface area is 315 Å². The van der Waals surface area contributed by atoms with Crippen LogP contribution in [0, 0.1) is 0 Å². The fourth-order valence-electron chi connectivity index (χ4n) is 6.07. The number of aliphatic hydroxyl groups excluding tert-OH is 16. The Kier molecular flexibility index (Phi) is 15.9. The van der Waals surface area contributed by atoms with Gasteiger partial charge in [0.15, 0.2) is 12.6 Å². The summed E-state index contributed by atoms with van der Waals surface area (Å²) in [5, 5.41) is 164. The molecule has 24 atom stereocenters. The van der Waals surface area contributed by atoms with E-state index in [1.807, 2.05) is 0 Å². The van der Waals surface area contributed by atoms with Crippen molar-refractivity contribution in [3.8, 4) is 0 Å². The fraction of sp³-hybridized carbons (Fsp3) is 1.00. The number of hydrogen-bond donors (Lipinski definition) is 16. The molecule has 5 aliphatic rings. The van der Waals surface area contributed by atoms with Crippen LogP contribution in [0.4, 0.5) is 0 Å². The van der Waals surface area contributed by atoms with Crippen LogP contribution in [0.2, 0.25) is 0 Å². The maximum atomic E-state index is 10.6. The standard InChI is InChI=1S/C28H48IO25/c30-1-5-9(31)13(35)22(44)28(49-5)54-29-23-17(39)16(38)20(42)26(53-23)48-3-7-10(32)14(36)19(41)25(50-7)47-4-8-11(33)15(37)21(43)27(52-8)51-6-2-46-24(45)18(40)12(6)34/h5-28,30-45H,1-4H2/q-1/t5-,6-,7-,8-,9-,10-,11-,12+,13+,14+,15+,16+,17+,18-,19-,20-,21-,22-,23+,24+,25+,26+,27+,28-/m1/s1. The predicted octanol–water partition coefficient (Wildman–Crippen LogP) is -14.3. The molecule has 54 heavy (non-hydrogen) atoms. The molecule has 5 aliphatic heterocycles. The number of halogens is 1. The molecule has 26 heteroatoms. The van der Waals surface area contributed by atoms with Gasteiger partial charge in [0.25, 0.3) is 0 Å². The van der Waals surface area contributed by atoms with E-state index in [1.54, 1.807) is 0 Å². The van der Waals surface area contributed by atoms with Crippen LogP contribution < -0.4 is 21.6 Å². The van der Waals surface area contributed by atoms with Crippen molar-refractivity contribution in [3.63, 3.8) is 0 Å². The van der Waals surface area contributed by atoms with Crippen molar-refractivity contribution < 1.29 is 144 Å². The Morgan fingerprint density at radius 2 is 0.889 bits per heavy atom. The van der Waals surface area contributed by atoms with Gasteiger partial charge >= 0.3 is 226 Å². The third kappa shape index (κ3) is 9.61. The van der Waals surface area contributed by atoms with Gasteiger partial charge in [-0.25, -0.2) is 0 Å². The van der Waals surface area contributed by atoms with E-state index in [0.717, 1.165) is 0 Å². The number of alkyl halides is 1. The van der Waals surface area contributed by atoms with Crippen LogP contribution in [0.1, 0.15) is 0 Å². The molecule has 0 unspecified atom stereocenters. The molecule has 16 N–H and O–H groups in total. The Bertz CT molecular complexity index is 1160. The summed E-state index contributed by atoms with van der Waals surface area (Å²) in [5.41, 5.74) is 0. The van der Waals surface area contributed by atoms with E-state index in [0.29, 0.717) is 0 Å². The summed E-state index contributed by atoms with van der Waals surface area (Å²) in [6.07, 6.45) is -39.9. The van der Waals surface area contributed by atoms with E-state index in [-0.39, 0.29) is 0 Å². The zero-order valence-corrected chi connectivity index (χ0v) is 30.0. The molecular formula is C28H48IO25-. The summed E-state index contributed by atoms with van der Waals surface area (Å²) >= 11 is -1.89. The maximum absolute atomic E-state index is 10.6. The fourth-order valence-corrected chi connectivity index (χ4v) is 8.21. The Morgan fingerprint density at radius 1 is 0.444 bits per heavy atom. The van der Waals surface area contributed by atoms with Gasteiger partial charge < -0.3 is 40.1 Å². The minimum absolute atomic E-state index is 0.460. The zero-order valence-electron chi connectivity index (χ0n) is 27.9. The van der Waals surface area contributed by atoms with E-state index in [4.69, 9.17) is 41.0 Å². The molecule has 0 amide bonds. The molecule has 0 aliphatic carbocycles. The van der Waals surface area contributed by atoms with Gasteiger partial charge in [0.05, 0.1) is 6.61 Å². The molecule has 5 saturated heterocycles. The van der Waals surface area contributed by atoms with E-state index in [1.165, 1.54) is 0 Å². The summed E-state index contributed by atoms with van der Waals surface area (Å²) in [5.74, 6) is 0. The molecule has 0 spiro atoms. The van der Waals surface area contributed by atoms with Crippen LogP contribution in [0.15, 0.2) is 0 Å².